The number of hydrogen-bond donors (Lipinski definition) is 1. The molecule has 1 saturated carbocycles. The largest absolute Gasteiger partial charge is 0.310 e. The van der Waals surface area contributed by atoms with Crippen LogP contribution in [0.4, 0.5) is 14.5 Å². The lowest BCUT2D eigenvalue weighted by Gasteiger charge is -2.23. The zero-order chi connectivity index (χ0) is 15.4. The Balaban J connectivity index is 2.08. The molecule has 1 N–H and O–H groups in total. The highest BCUT2D eigenvalue weighted by atomic mass is 19.1. The first-order chi connectivity index (χ1) is 9.99. The number of rotatable bonds is 4. The lowest BCUT2D eigenvalue weighted by Crippen LogP contribution is -2.34. The molecule has 0 aliphatic heterocycles. The third-order valence-corrected chi connectivity index (χ3v) is 4.23. The van der Waals surface area contributed by atoms with Crippen molar-refractivity contribution in [3.05, 3.63) is 39.4 Å². The summed E-state index contributed by atoms with van der Waals surface area (Å²) in [6.07, 6.45) is 5.69. The van der Waals surface area contributed by atoms with Crippen molar-refractivity contribution < 1.29 is 13.7 Å². The molecule has 0 heterocycles. The summed E-state index contributed by atoms with van der Waals surface area (Å²) < 4.78 is 27.0. The number of nitrogens with one attached hydrogen (secondary N) is 1. The molecule has 6 heteroatoms. The van der Waals surface area contributed by atoms with Crippen LogP contribution in [-0.4, -0.2) is 11.0 Å². The van der Waals surface area contributed by atoms with Gasteiger partial charge in [-0.1, -0.05) is 26.2 Å². The van der Waals surface area contributed by atoms with E-state index in [2.05, 4.69) is 12.2 Å². The predicted octanol–water partition coefficient (Wildman–Crippen LogP) is 3.93. The molecule has 2 rings (SSSR count). The van der Waals surface area contributed by atoms with Crippen LogP contribution in [0.15, 0.2) is 12.1 Å². The molecule has 116 valence electrons. The van der Waals surface area contributed by atoms with Crippen molar-refractivity contribution in [3.63, 3.8) is 0 Å². The summed E-state index contributed by atoms with van der Waals surface area (Å²) in [6.45, 7) is 2.34. The molecule has 0 spiro atoms. The Morgan fingerprint density at radius 1 is 1.24 bits per heavy atom. The monoisotopic (exact) mass is 298 g/mol. The fourth-order valence-electron chi connectivity index (χ4n) is 2.89. The zero-order valence-electron chi connectivity index (χ0n) is 12.1. The Kier molecular flexibility index (Phi) is 5.22. The summed E-state index contributed by atoms with van der Waals surface area (Å²) in [5.41, 5.74) is -0.540. The van der Waals surface area contributed by atoms with Gasteiger partial charge in [0.05, 0.1) is 4.92 Å². The van der Waals surface area contributed by atoms with Crippen LogP contribution in [0.25, 0.3) is 0 Å². The Morgan fingerprint density at radius 2 is 1.95 bits per heavy atom. The maximum atomic E-state index is 13.7. The quantitative estimate of drug-likeness (QED) is 0.520. The first kappa shape index (κ1) is 15.8. The molecular formula is C15H20F2N2O2. The van der Waals surface area contributed by atoms with Crippen LogP contribution < -0.4 is 5.32 Å². The summed E-state index contributed by atoms with van der Waals surface area (Å²) in [5, 5.41) is 14.0. The Hall–Kier alpha value is -1.56. The lowest BCUT2D eigenvalue weighted by atomic mass is 9.96. The van der Waals surface area contributed by atoms with Crippen molar-refractivity contribution in [2.45, 2.75) is 51.6 Å². The topological polar surface area (TPSA) is 55.2 Å². The first-order valence-corrected chi connectivity index (χ1v) is 7.34. The van der Waals surface area contributed by atoms with Crippen LogP contribution in [-0.2, 0) is 6.54 Å². The van der Waals surface area contributed by atoms with Crippen molar-refractivity contribution in [1.82, 2.24) is 5.32 Å². The van der Waals surface area contributed by atoms with Gasteiger partial charge in [0.15, 0.2) is 0 Å². The SMILES string of the molecule is CC1CCCCCC1NCc1cc([N+](=O)[O-])c(F)cc1F. The molecule has 0 saturated heterocycles. The van der Waals surface area contributed by atoms with Gasteiger partial charge in [-0.2, -0.15) is 4.39 Å². The third-order valence-electron chi connectivity index (χ3n) is 4.23. The third kappa shape index (κ3) is 3.97. The molecule has 0 bridgehead atoms. The molecule has 1 aromatic rings. The van der Waals surface area contributed by atoms with Crippen molar-refractivity contribution >= 4 is 5.69 Å². The van der Waals surface area contributed by atoms with Crippen molar-refractivity contribution in [3.8, 4) is 0 Å². The molecule has 1 fully saturated rings. The highest BCUT2D eigenvalue weighted by molar-refractivity contribution is 5.37. The van der Waals surface area contributed by atoms with Crippen LogP contribution in [0.3, 0.4) is 0 Å². The van der Waals surface area contributed by atoms with E-state index < -0.39 is 22.2 Å². The van der Waals surface area contributed by atoms with E-state index >= 15 is 0 Å². The molecule has 0 aromatic heterocycles. The fraction of sp³-hybridized carbons (Fsp3) is 0.600. The standard InChI is InChI=1S/C15H20F2N2O2/c1-10-5-3-2-4-6-14(10)18-9-11-7-15(19(20)21)13(17)8-12(11)16/h7-8,10,14,18H,2-6,9H2,1H3. The summed E-state index contributed by atoms with van der Waals surface area (Å²) in [4.78, 5) is 9.88. The summed E-state index contributed by atoms with van der Waals surface area (Å²) in [6, 6.07) is 1.85. The number of halogens is 2. The molecule has 0 amide bonds. The van der Waals surface area contributed by atoms with Gasteiger partial charge in [0, 0.05) is 30.3 Å². The van der Waals surface area contributed by atoms with Crippen molar-refractivity contribution in [1.29, 1.82) is 0 Å². The minimum absolute atomic E-state index is 0.138. The molecule has 21 heavy (non-hydrogen) atoms. The van der Waals surface area contributed by atoms with Gasteiger partial charge in [-0.05, 0) is 18.8 Å². The molecule has 2 unspecified atom stereocenters. The van der Waals surface area contributed by atoms with E-state index in [0.717, 1.165) is 25.3 Å². The van der Waals surface area contributed by atoms with Crippen molar-refractivity contribution in [2.75, 3.05) is 0 Å². The predicted molar refractivity (Wildman–Crippen MR) is 75.9 cm³/mol. The summed E-state index contributed by atoms with van der Waals surface area (Å²) in [7, 11) is 0. The van der Waals surface area contributed by atoms with Crippen molar-refractivity contribution in [2.24, 2.45) is 5.92 Å². The summed E-state index contributed by atoms with van der Waals surface area (Å²) in [5.74, 6) is -1.39. The number of nitrogens with zero attached hydrogens (tertiary/aromatic N) is 1. The van der Waals surface area contributed by atoms with E-state index in [-0.39, 0.29) is 18.2 Å². The fourth-order valence-corrected chi connectivity index (χ4v) is 2.89. The molecule has 1 aliphatic rings. The van der Waals surface area contributed by atoms with E-state index in [9.17, 15) is 18.9 Å². The van der Waals surface area contributed by atoms with Gasteiger partial charge in [-0.25, -0.2) is 4.39 Å². The minimum atomic E-state index is -1.14. The van der Waals surface area contributed by atoms with Crippen LogP contribution in [0, 0.1) is 27.7 Å². The van der Waals surface area contributed by atoms with Gasteiger partial charge < -0.3 is 5.32 Å². The molecule has 2 atom stereocenters. The van der Waals surface area contributed by atoms with Gasteiger partial charge in [-0.3, -0.25) is 10.1 Å². The van der Waals surface area contributed by atoms with Crippen LogP contribution in [0.5, 0.6) is 0 Å². The zero-order valence-corrected chi connectivity index (χ0v) is 12.1. The molecular weight excluding hydrogens is 278 g/mol. The summed E-state index contributed by atoms with van der Waals surface area (Å²) >= 11 is 0. The average molecular weight is 298 g/mol. The highest BCUT2D eigenvalue weighted by Gasteiger charge is 2.22. The van der Waals surface area contributed by atoms with Gasteiger partial charge >= 0.3 is 5.69 Å². The first-order valence-electron chi connectivity index (χ1n) is 7.34. The number of benzene rings is 1. The maximum absolute atomic E-state index is 13.7. The number of nitro groups is 1. The van der Waals surface area contributed by atoms with Gasteiger partial charge in [0.25, 0.3) is 0 Å². The lowest BCUT2D eigenvalue weighted by molar-refractivity contribution is -0.387. The second-order valence-electron chi connectivity index (χ2n) is 5.75. The van der Waals surface area contributed by atoms with E-state index in [4.69, 9.17) is 0 Å². The number of nitro benzene ring substituents is 1. The van der Waals surface area contributed by atoms with E-state index in [1.807, 2.05) is 0 Å². The Morgan fingerprint density at radius 3 is 2.67 bits per heavy atom. The molecule has 0 radical (unpaired) electrons. The second-order valence-corrected chi connectivity index (χ2v) is 5.75. The van der Waals surface area contributed by atoms with Gasteiger partial charge in [-0.15, -0.1) is 0 Å². The minimum Gasteiger partial charge on any atom is -0.310 e. The molecule has 1 aromatic carbocycles. The Bertz CT molecular complexity index is 523. The van der Waals surface area contributed by atoms with Crippen LogP contribution >= 0.6 is 0 Å². The Labute approximate surface area is 122 Å². The van der Waals surface area contributed by atoms with E-state index in [0.29, 0.717) is 12.0 Å². The van der Waals surface area contributed by atoms with Gasteiger partial charge in [0.1, 0.15) is 5.82 Å². The highest BCUT2D eigenvalue weighted by Crippen LogP contribution is 2.25. The normalized spacial score (nSPS) is 22.8. The second kappa shape index (κ2) is 6.93. The molecule has 4 nitrogen and oxygen atoms in total. The molecule has 1 aliphatic carbocycles. The van der Waals surface area contributed by atoms with Crippen LogP contribution in [0.1, 0.15) is 44.6 Å². The van der Waals surface area contributed by atoms with E-state index in [1.165, 1.54) is 12.8 Å². The maximum Gasteiger partial charge on any atom is 0.305 e. The van der Waals surface area contributed by atoms with Gasteiger partial charge in [0.2, 0.25) is 5.82 Å². The number of hydrogen-bond acceptors (Lipinski definition) is 3. The van der Waals surface area contributed by atoms with E-state index in [1.54, 1.807) is 0 Å². The average Bonchev–Trinajstić information content (AvgIpc) is 2.62. The smallest absolute Gasteiger partial charge is 0.305 e. The van der Waals surface area contributed by atoms with Crippen LogP contribution in [0.2, 0.25) is 0 Å².